The molecule has 1 aromatic heterocycles. The van der Waals surface area contributed by atoms with Gasteiger partial charge in [0.2, 0.25) is 0 Å². The van der Waals surface area contributed by atoms with E-state index in [-0.39, 0.29) is 0 Å². The first kappa shape index (κ1) is 12.9. The van der Waals surface area contributed by atoms with E-state index in [1.165, 1.54) is 4.88 Å². The quantitative estimate of drug-likeness (QED) is 0.885. The van der Waals surface area contributed by atoms with Crippen molar-refractivity contribution in [1.29, 1.82) is 0 Å². The van der Waals surface area contributed by atoms with Gasteiger partial charge < -0.3 is 5.73 Å². The summed E-state index contributed by atoms with van der Waals surface area (Å²) in [6.45, 7) is 2.02. The highest BCUT2D eigenvalue weighted by molar-refractivity contribution is 7.16. The topological polar surface area (TPSA) is 26.0 Å². The van der Waals surface area contributed by atoms with E-state index in [1.807, 2.05) is 43.3 Å². The first-order valence-corrected chi connectivity index (χ1v) is 6.84. The van der Waals surface area contributed by atoms with Gasteiger partial charge in [0.05, 0.1) is 4.34 Å². The molecule has 90 valence electrons. The monoisotopic (exact) mass is 285 g/mol. The van der Waals surface area contributed by atoms with Crippen LogP contribution in [0.3, 0.4) is 0 Å². The van der Waals surface area contributed by atoms with Gasteiger partial charge in [-0.25, -0.2) is 0 Å². The molecule has 0 aliphatic rings. The summed E-state index contributed by atoms with van der Waals surface area (Å²) < 4.78 is 0.798. The highest BCUT2D eigenvalue weighted by Gasteiger charge is 2.22. The minimum absolute atomic E-state index is 0.404. The van der Waals surface area contributed by atoms with E-state index < -0.39 is 5.54 Å². The Balaban J connectivity index is 2.21. The molecule has 0 amide bonds. The molecule has 17 heavy (non-hydrogen) atoms. The van der Waals surface area contributed by atoms with Crippen molar-refractivity contribution in [3.63, 3.8) is 0 Å². The molecule has 0 radical (unpaired) electrons. The summed E-state index contributed by atoms with van der Waals surface area (Å²) in [6, 6.07) is 11.6. The average molecular weight is 286 g/mol. The number of hydrogen-bond acceptors (Lipinski definition) is 2. The Labute approximate surface area is 115 Å². The van der Waals surface area contributed by atoms with E-state index in [2.05, 4.69) is 0 Å². The summed E-state index contributed by atoms with van der Waals surface area (Å²) in [7, 11) is 0. The van der Waals surface area contributed by atoms with Crippen LogP contribution in [0, 0.1) is 0 Å². The molecule has 0 bridgehead atoms. The Kier molecular flexibility index (Phi) is 3.79. The van der Waals surface area contributed by atoms with Gasteiger partial charge in [-0.2, -0.15) is 0 Å². The van der Waals surface area contributed by atoms with Crippen LogP contribution in [0.1, 0.15) is 17.4 Å². The Morgan fingerprint density at radius 1 is 1.12 bits per heavy atom. The molecule has 1 nitrogen and oxygen atoms in total. The third-order valence-corrected chi connectivity index (χ3v) is 4.16. The van der Waals surface area contributed by atoms with Crippen LogP contribution in [0.4, 0.5) is 0 Å². The molecule has 0 aliphatic heterocycles. The van der Waals surface area contributed by atoms with Gasteiger partial charge in [0, 0.05) is 21.9 Å². The summed E-state index contributed by atoms with van der Waals surface area (Å²) >= 11 is 13.4. The van der Waals surface area contributed by atoms with Crippen LogP contribution in [0.2, 0.25) is 9.36 Å². The summed E-state index contributed by atoms with van der Waals surface area (Å²) in [4.78, 5) is 1.19. The fraction of sp³-hybridized carbons (Fsp3) is 0.231. The largest absolute Gasteiger partial charge is 0.321 e. The molecule has 0 saturated carbocycles. The average Bonchev–Trinajstić information content (AvgIpc) is 2.63. The molecular weight excluding hydrogens is 273 g/mol. The standard InChI is InChI=1S/C13H13Cl2NS/c1-13(16,8-11-6-7-12(15)17-11)9-2-4-10(14)5-3-9/h2-7H,8,16H2,1H3. The summed E-state index contributed by atoms with van der Waals surface area (Å²) in [5.74, 6) is 0. The lowest BCUT2D eigenvalue weighted by molar-refractivity contribution is 0.495. The van der Waals surface area contributed by atoms with Gasteiger partial charge in [-0.05, 0) is 36.8 Å². The zero-order valence-electron chi connectivity index (χ0n) is 9.41. The van der Waals surface area contributed by atoms with Crippen LogP contribution in [0.5, 0.6) is 0 Å². The maximum atomic E-state index is 6.35. The molecule has 0 spiro atoms. The third kappa shape index (κ3) is 3.23. The lowest BCUT2D eigenvalue weighted by Crippen LogP contribution is -2.35. The normalized spacial score (nSPS) is 14.6. The smallest absolute Gasteiger partial charge is 0.0931 e. The second-order valence-corrected chi connectivity index (χ2v) is 6.54. The van der Waals surface area contributed by atoms with Crippen LogP contribution < -0.4 is 5.73 Å². The van der Waals surface area contributed by atoms with Crippen molar-refractivity contribution < 1.29 is 0 Å². The number of hydrogen-bond donors (Lipinski definition) is 1. The maximum absolute atomic E-state index is 6.35. The van der Waals surface area contributed by atoms with Crippen molar-refractivity contribution in [2.24, 2.45) is 5.73 Å². The minimum atomic E-state index is -0.404. The van der Waals surface area contributed by atoms with Crippen molar-refractivity contribution in [3.05, 3.63) is 56.2 Å². The van der Waals surface area contributed by atoms with Crippen molar-refractivity contribution in [2.75, 3.05) is 0 Å². The molecule has 1 aromatic carbocycles. The van der Waals surface area contributed by atoms with Crippen molar-refractivity contribution in [3.8, 4) is 0 Å². The highest BCUT2D eigenvalue weighted by Crippen LogP contribution is 2.29. The number of rotatable bonds is 3. The van der Waals surface area contributed by atoms with Gasteiger partial charge >= 0.3 is 0 Å². The number of halogens is 2. The van der Waals surface area contributed by atoms with Crippen LogP contribution in [0.15, 0.2) is 36.4 Å². The Hall–Kier alpha value is -0.540. The molecule has 0 saturated heterocycles. The maximum Gasteiger partial charge on any atom is 0.0931 e. The van der Waals surface area contributed by atoms with E-state index in [9.17, 15) is 0 Å². The van der Waals surface area contributed by atoms with Gasteiger partial charge in [0.25, 0.3) is 0 Å². The minimum Gasteiger partial charge on any atom is -0.321 e. The lowest BCUT2D eigenvalue weighted by atomic mass is 9.89. The van der Waals surface area contributed by atoms with Gasteiger partial charge in [0.1, 0.15) is 0 Å². The molecule has 0 aliphatic carbocycles. The van der Waals surface area contributed by atoms with E-state index in [1.54, 1.807) is 11.3 Å². The van der Waals surface area contributed by atoms with E-state index in [4.69, 9.17) is 28.9 Å². The highest BCUT2D eigenvalue weighted by atomic mass is 35.5. The number of nitrogens with two attached hydrogens (primary N) is 1. The van der Waals surface area contributed by atoms with Crippen molar-refractivity contribution in [1.82, 2.24) is 0 Å². The van der Waals surface area contributed by atoms with Crippen LogP contribution in [0.25, 0.3) is 0 Å². The van der Waals surface area contributed by atoms with Crippen LogP contribution in [-0.4, -0.2) is 0 Å². The van der Waals surface area contributed by atoms with Crippen LogP contribution >= 0.6 is 34.5 Å². The number of thiophene rings is 1. The summed E-state index contributed by atoms with van der Waals surface area (Å²) in [5.41, 5.74) is 7.02. The van der Waals surface area contributed by atoms with E-state index in [0.717, 1.165) is 21.3 Å². The van der Waals surface area contributed by atoms with Crippen LogP contribution in [-0.2, 0) is 12.0 Å². The van der Waals surface area contributed by atoms with Crippen molar-refractivity contribution in [2.45, 2.75) is 18.9 Å². The van der Waals surface area contributed by atoms with Gasteiger partial charge in [-0.15, -0.1) is 11.3 Å². The van der Waals surface area contributed by atoms with Crippen molar-refractivity contribution >= 4 is 34.5 Å². The zero-order chi connectivity index (χ0) is 12.5. The zero-order valence-corrected chi connectivity index (χ0v) is 11.7. The molecule has 2 N–H and O–H groups in total. The third-order valence-electron chi connectivity index (χ3n) is 2.67. The number of benzene rings is 1. The summed E-state index contributed by atoms with van der Waals surface area (Å²) in [6.07, 6.45) is 0.770. The fourth-order valence-electron chi connectivity index (χ4n) is 1.74. The van der Waals surface area contributed by atoms with Gasteiger partial charge in [-0.3, -0.25) is 0 Å². The SMILES string of the molecule is CC(N)(Cc1ccc(Cl)s1)c1ccc(Cl)cc1. The fourth-order valence-corrected chi connectivity index (χ4v) is 3.12. The molecule has 0 fully saturated rings. The molecule has 1 heterocycles. The molecule has 4 heteroatoms. The summed E-state index contributed by atoms with van der Waals surface area (Å²) in [5, 5.41) is 0.726. The van der Waals surface area contributed by atoms with E-state index in [0.29, 0.717) is 0 Å². The second kappa shape index (κ2) is 4.99. The van der Waals surface area contributed by atoms with Gasteiger partial charge in [-0.1, -0.05) is 35.3 Å². The predicted molar refractivity (Wildman–Crippen MR) is 76.0 cm³/mol. The van der Waals surface area contributed by atoms with E-state index >= 15 is 0 Å². The molecular formula is C13H13Cl2NS. The van der Waals surface area contributed by atoms with Gasteiger partial charge in [0.15, 0.2) is 0 Å². The second-order valence-electron chi connectivity index (χ2n) is 4.31. The Morgan fingerprint density at radius 3 is 2.29 bits per heavy atom. The Bertz CT molecular complexity index is 502. The molecule has 2 rings (SSSR count). The Morgan fingerprint density at radius 2 is 1.76 bits per heavy atom. The molecule has 1 unspecified atom stereocenters. The molecule has 1 atom stereocenters. The first-order chi connectivity index (χ1) is 7.97. The predicted octanol–water partition coefficient (Wildman–Crippen LogP) is 4.47. The molecule has 2 aromatic rings. The first-order valence-electron chi connectivity index (χ1n) is 5.26. The lowest BCUT2D eigenvalue weighted by Gasteiger charge is -2.24.